The number of para-hydroxylation sites is 1. The van der Waals surface area contributed by atoms with Gasteiger partial charge in [0.15, 0.2) is 0 Å². The first kappa shape index (κ1) is 18.2. The van der Waals surface area contributed by atoms with Crippen LogP contribution in [0.5, 0.6) is 0 Å². The standard InChI is InChI=1S/C21H25NO4/c1-4-25-20(23)18-14-10-6-8-12-16(14)22(3)17-13-9-7-11-15(17)19(18)21(24)26-5-2/h6-14,16,18-19H,4-5H2,1-3H3. The number of hydrogen-bond acceptors (Lipinski definition) is 5. The van der Waals surface area contributed by atoms with E-state index >= 15 is 0 Å². The molecule has 1 heterocycles. The molecule has 0 N–H and O–H groups in total. The van der Waals surface area contributed by atoms with Crippen molar-refractivity contribution in [2.24, 2.45) is 11.8 Å². The summed E-state index contributed by atoms with van der Waals surface area (Å²) in [5.41, 5.74) is 1.75. The summed E-state index contributed by atoms with van der Waals surface area (Å²) in [5.74, 6) is -2.24. The number of allylic oxidation sites excluding steroid dienone is 2. The molecule has 3 rings (SSSR count). The van der Waals surface area contributed by atoms with Gasteiger partial charge in [-0.15, -0.1) is 0 Å². The number of ether oxygens (including phenoxy) is 2. The molecule has 0 aromatic heterocycles. The minimum atomic E-state index is -0.696. The molecular weight excluding hydrogens is 330 g/mol. The molecule has 0 spiro atoms. The average molecular weight is 355 g/mol. The molecule has 138 valence electrons. The highest BCUT2D eigenvalue weighted by Gasteiger charge is 2.48. The van der Waals surface area contributed by atoms with Crippen LogP contribution < -0.4 is 4.90 Å². The molecule has 1 aliphatic carbocycles. The Morgan fingerprint density at radius 3 is 2.38 bits per heavy atom. The minimum Gasteiger partial charge on any atom is -0.466 e. The molecule has 26 heavy (non-hydrogen) atoms. The molecule has 0 saturated heterocycles. The fourth-order valence-corrected chi connectivity index (χ4v) is 4.02. The SMILES string of the molecule is CCOC(=O)C1c2ccccc2N(C)C2C=CC=CC2C1C(=O)OCC. The zero-order valence-corrected chi connectivity index (χ0v) is 15.4. The molecule has 4 unspecified atom stereocenters. The Morgan fingerprint density at radius 2 is 1.65 bits per heavy atom. The summed E-state index contributed by atoms with van der Waals surface area (Å²) in [6.07, 6.45) is 7.98. The van der Waals surface area contributed by atoms with Crippen LogP contribution in [0.1, 0.15) is 25.3 Å². The van der Waals surface area contributed by atoms with E-state index in [1.807, 2.05) is 49.5 Å². The first-order valence-electron chi connectivity index (χ1n) is 9.10. The Bertz CT molecular complexity index is 739. The van der Waals surface area contributed by atoms with Crippen molar-refractivity contribution in [1.29, 1.82) is 0 Å². The van der Waals surface area contributed by atoms with Gasteiger partial charge in [0.1, 0.15) is 0 Å². The Hall–Kier alpha value is -2.56. The van der Waals surface area contributed by atoms with Crippen LogP contribution in [0.15, 0.2) is 48.6 Å². The topological polar surface area (TPSA) is 55.8 Å². The lowest BCUT2D eigenvalue weighted by Crippen LogP contribution is -2.43. The Kier molecular flexibility index (Phi) is 5.45. The monoisotopic (exact) mass is 355 g/mol. The maximum atomic E-state index is 12.9. The van der Waals surface area contributed by atoms with E-state index in [0.717, 1.165) is 11.3 Å². The molecule has 4 atom stereocenters. The number of nitrogens with zero attached hydrogens (tertiary/aromatic N) is 1. The number of esters is 2. The zero-order chi connectivity index (χ0) is 18.7. The van der Waals surface area contributed by atoms with E-state index in [2.05, 4.69) is 11.0 Å². The molecule has 1 aromatic carbocycles. The lowest BCUT2D eigenvalue weighted by molar-refractivity contribution is -0.158. The lowest BCUT2D eigenvalue weighted by atomic mass is 9.74. The maximum absolute atomic E-state index is 12.9. The molecule has 0 fully saturated rings. The first-order chi connectivity index (χ1) is 12.6. The van der Waals surface area contributed by atoms with Crippen molar-refractivity contribution in [2.45, 2.75) is 25.8 Å². The van der Waals surface area contributed by atoms with Crippen LogP contribution in [-0.4, -0.2) is 38.2 Å². The number of anilines is 1. The van der Waals surface area contributed by atoms with Crippen molar-refractivity contribution in [3.63, 3.8) is 0 Å². The molecule has 5 heteroatoms. The fraction of sp³-hybridized carbons (Fsp3) is 0.429. The molecule has 0 bridgehead atoms. The van der Waals surface area contributed by atoms with Crippen LogP contribution in [0.2, 0.25) is 0 Å². The molecule has 1 aromatic rings. The van der Waals surface area contributed by atoms with Crippen LogP contribution in [0.4, 0.5) is 5.69 Å². The lowest BCUT2D eigenvalue weighted by Gasteiger charge is -2.35. The highest BCUT2D eigenvalue weighted by Crippen LogP contribution is 2.45. The van der Waals surface area contributed by atoms with E-state index in [9.17, 15) is 9.59 Å². The third-order valence-electron chi connectivity index (χ3n) is 5.12. The van der Waals surface area contributed by atoms with Crippen LogP contribution in [0.25, 0.3) is 0 Å². The molecule has 0 radical (unpaired) electrons. The Morgan fingerprint density at radius 1 is 1.00 bits per heavy atom. The molecule has 5 nitrogen and oxygen atoms in total. The summed E-state index contributed by atoms with van der Waals surface area (Å²) in [4.78, 5) is 28.0. The van der Waals surface area contributed by atoms with Crippen molar-refractivity contribution >= 4 is 17.6 Å². The Labute approximate surface area is 154 Å². The Balaban J connectivity index is 2.19. The third-order valence-corrected chi connectivity index (χ3v) is 5.12. The van der Waals surface area contributed by atoms with Gasteiger partial charge < -0.3 is 14.4 Å². The van der Waals surface area contributed by atoms with E-state index < -0.39 is 11.8 Å². The molecular formula is C21H25NO4. The summed E-state index contributed by atoms with van der Waals surface area (Å²) in [6, 6.07) is 7.69. The van der Waals surface area contributed by atoms with Gasteiger partial charge in [0.25, 0.3) is 0 Å². The van der Waals surface area contributed by atoms with Crippen molar-refractivity contribution in [3.05, 3.63) is 54.1 Å². The van der Waals surface area contributed by atoms with Gasteiger partial charge in [-0.25, -0.2) is 0 Å². The summed E-state index contributed by atoms with van der Waals surface area (Å²) < 4.78 is 10.7. The van der Waals surface area contributed by atoms with Crippen LogP contribution >= 0.6 is 0 Å². The van der Waals surface area contributed by atoms with E-state index in [1.165, 1.54) is 0 Å². The summed E-state index contributed by atoms with van der Waals surface area (Å²) in [6.45, 7) is 4.10. The highest BCUT2D eigenvalue weighted by molar-refractivity contribution is 5.89. The minimum absolute atomic E-state index is 0.0324. The number of carbonyl (C=O) groups excluding carboxylic acids is 2. The normalized spacial score (nSPS) is 26.5. The number of hydrogen-bond donors (Lipinski definition) is 0. The summed E-state index contributed by atoms with van der Waals surface area (Å²) >= 11 is 0. The van der Waals surface area contributed by atoms with Gasteiger partial charge in [0, 0.05) is 18.7 Å². The van der Waals surface area contributed by atoms with Gasteiger partial charge in [-0.3, -0.25) is 9.59 Å². The third kappa shape index (κ3) is 3.14. The van der Waals surface area contributed by atoms with Crippen molar-refractivity contribution in [1.82, 2.24) is 0 Å². The van der Waals surface area contributed by atoms with Gasteiger partial charge in [-0.2, -0.15) is 0 Å². The quantitative estimate of drug-likeness (QED) is 0.777. The number of likely N-dealkylation sites (N-methyl/N-ethyl adjacent to an activating group) is 1. The molecule has 1 aliphatic heterocycles. The second kappa shape index (κ2) is 7.77. The summed E-state index contributed by atoms with van der Waals surface area (Å²) in [7, 11) is 2.00. The largest absolute Gasteiger partial charge is 0.466 e. The van der Waals surface area contributed by atoms with Gasteiger partial charge in [0.2, 0.25) is 0 Å². The average Bonchev–Trinajstić information content (AvgIpc) is 2.76. The van der Waals surface area contributed by atoms with E-state index in [0.29, 0.717) is 0 Å². The van der Waals surface area contributed by atoms with Crippen LogP contribution in [-0.2, 0) is 19.1 Å². The van der Waals surface area contributed by atoms with Gasteiger partial charge in [0.05, 0.1) is 31.1 Å². The van der Waals surface area contributed by atoms with Crippen molar-refractivity contribution < 1.29 is 19.1 Å². The van der Waals surface area contributed by atoms with Crippen molar-refractivity contribution in [3.8, 4) is 0 Å². The maximum Gasteiger partial charge on any atom is 0.314 e. The molecule has 2 aliphatic rings. The fourth-order valence-electron chi connectivity index (χ4n) is 4.02. The number of rotatable bonds is 4. The van der Waals surface area contributed by atoms with Crippen molar-refractivity contribution in [2.75, 3.05) is 25.2 Å². The summed E-state index contributed by atoms with van der Waals surface area (Å²) in [5, 5.41) is 0. The van der Waals surface area contributed by atoms with Gasteiger partial charge in [-0.05, 0) is 25.5 Å². The van der Waals surface area contributed by atoms with Gasteiger partial charge >= 0.3 is 11.9 Å². The first-order valence-corrected chi connectivity index (χ1v) is 9.10. The second-order valence-corrected chi connectivity index (χ2v) is 6.52. The highest BCUT2D eigenvalue weighted by atomic mass is 16.5. The molecule has 0 saturated carbocycles. The van der Waals surface area contributed by atoms with Crippen LogP contribution in [0.3, 0.4) is 0 Å². The predicted octanol–water partition coefficient (Wildman–Crippen LogP) is 3.07. The number of fused-ring (bicyclic) bond motifs is 2. The predicted molar refractivity (Wildman–Crippen MR) is 99.9 cm³/mol. The second-order valence-electron chi connectivity index (χ2n) is 6.52. The zero-order valence-electron chi connectivity index (χ0n) is 15.4. The number of benzene rings is 1. The van der Waals surface area contributed by atoms with E-state index in [4.69, 9.17) is 9.47 Å². The smallest absolute Gasteiger partial charge is 0.314 e. The van der Waals surface area contributed by atoms with E-state index in [-0.39, 0.29) is 37.1 Å². The van der Waals surface area contributed by atoms with Crippen LogP contribution in [0, 0.1) is 11.8 Å². The van der Waals surface area contributed by atoms with Gasteiger partial charge in [-0.1, -0.05) is 42.5 Å². The van der Waals surface area contributed by atoms with E-state index in [1.54, 1.807) is 13.8 Å². The molecule has 0 amide bonds. The number of carbonyl (C=O) groups is 2.